The molecule has 3 unspecified atom stereocenters. The van der Waals surface area contributed by atoms with Crippen molar-refractivity contribution in [3.05, 3.63) is 12.4 Å². The Hall–Kier alpha value is -1.85. The molecule has 3 atom stereocenters. The second kappa shape index (κ2) is 5.26. The van der Waals surface area contributed by atoms with Crippen LogP contribution in [-0.4, -0.2) is 39.7 Å². The molecule has 0 spiro atoms. The maximum absolute atomic E-state index is 11.3. The lowest BCUT2D eigenvalue weighted by atomic mass is 9.89. The van der Waals surface area contributed by atoms with Crippen LogP contribution in [0, 0.1) is 5.92 Å². The van der Waals surface area contributed by atoms with Crippen molar-refractivity contribution in [3.8, 4) is 5.88 Å². The molecule has 0 aromatic carbocycles. The Balaban J connectivity index is 1.81. The number of ether oxygens (including phenoxy) is 1. The van der Waals surface area contributed by atoms with Gasteiger partial charge < -0.3 is 14.7 Å². The molecule has 2 aliphatic rings. The number of aromatic nitrogens is 2. The number of rotatable bonds is 5. The first kappa shape index (κ1) is 13.1. The van der Waals surface area contributed by atoms with Crippen LogP contribution in [0.1, 0.15) is 32.6 Å². The highest BCUT2D eigenvalue weighted by Crippen LogP contribution is 2.44. The molecule has 2 bridgehead atoms. The van der Waals surface area contributed by atoms with Gasteiger partial charge in [-0.05, 0) is 25.7 Å². The summed E-state index contributed by atoms with van der Waals surface area (Å²) in [7, 11) is 0. The van der Waals surface area contributed by atoms with E-state index in [9.17, 15) is 9.90 Å². The lowest BCUT2D eigenvalue weighted by Gasteiger charge is -2.24. The van der Waals surface area contributed by atoms with Crippen molar-refractivity contribution >= 4 is 11.8 Å². The third kappa shape index (κ3) is 2.19. The maximum atomic E-state index is 11.3. The van der Waals surface area contributed by atoms with Crippen molar-refractivity contribution in [2.45, 2.75) is 44.7 Å². The molecule has 3 heterocycles. The quantitative estimate of drug-likeness (QED) is 0.883. The van der Waals surface area contributed by atoms with Crippen LogP contribution in [-0.2, 0) is 4.79 Å². The summed E-state index contributed by atoms with van der Waals surface area (Å²) in [6.07, 6.45) is 5.11. The summed E-state index contributed by atoms with van der Waals surface area (Å²) in [6, 6.07) is 2.17. The number of carboxylic acids is 1. The van der Waals surface area contributed by atoms with Crippen molar-refractivity contribution in [3.63, 3.8) is 0 Å². The van der Waals surface area contributed by atoms with Crippen LogP contribution in [0.2, 0.25) is 0 Å². The van der Waals surface area contributed by atoms with Gasteiger partial charge in [-0.1, -0.05) is 6.92 Å². The molecule has 0 aliphatic carbocycles. The number of fused-ring (bicyclic) bond motifs is 2. The van der Waals surface area contributed by atoms with Crippen LogP contribution < -0.4 is 9.64 Å². The third-order valence-electron chi connectivity index (χ3n) is 4.20. The molecular formula is C14H19N3O3. The molecule has 20 heavy (non-hydrogen) atoms. The molecule has 1 aromatic heterocycles. The van der Waals surface area contributed by atoms with E-state index < -0.39 is 5.97 Å². The smallest absolute Gasteiger partial charge is 0.308 e. The number of aliphatic carboxylic acids is 1. The van der Waals surface area contributed by atoms with Gasteiger partial charge in [0.1, 0.15) is 12.1 Å². The predicted octanol–water partition coefficient (Wildman–Crippen LogP) is 1.71. The van der Waals surface area contributed by atoms with Gasteiger partial charge in [0.15, 0.2) is 0 Å². The minimum absolute atomic E-state index is 0.0615. The Morgan fingerprint density at radius 3 is 3.05 bits per heavy atom. The fraction of sp³-hybridized carbons (Fsp3) is 0.643. The lowest BCUT2D eigenvalue weighted by Crippen LogP contribution is -2.33. The largest absolute Gasteiger partial charge is 0.481 e. The molecule has 0 radical (unpaired) electrons. The average molecular weight is 277 g/mol. The Labute approximate surface area is 117 Å². The second-order valence-corrected chi connectivity index (χ2v) is 5.45. The van der Waals surface area contributed by atoms with Crippen molar-refractivity contribution in [1.29, 1.82) is 0 Å². The van der Waals surface area contributed by atoms with Crippen molar-refractivity contribution in [2.75, 3.05) is 11.5 Å². The number of hydrogen-bond acceptors (Lipinski definition) is 5. The number of hydrogen-bond donors (Lipinski definition) is 1. The van der Waals surface area contributed by atoms with E-state index >= 15 is 0 Å². The first-order valence-electron chi connectivity index (χ1n) is 7.16. The van der Waals surface area contributed by atoms with E-state index in [0.29, 0.717) is 12.5 Å². The molecular weight excluding hydrogens is 258 g/mol. The fourth-order valence-electron chi connectivity index (χ4n) is 3.37. The van der Waals surface area contributed by atoms with Crippen molar-refractivity contribution in [2.24, 2.45) is 5.92 Å². The Kier molecular flexibility index (Phi) is 3.46. The minimum atomic E-state index is -0.696. The molecule has 1 N–H and O–H groups in total. The van der Waals surface area contributed by atoms with E-state index in [-0.39, 0.29) is 18.0 Å². The SMILES string of the molecule is CCCOc1cc(N2C3CCC2C(C(=O)O)C3)ncn1. The highest BCUT2D eigenvalue weighted by Gasteiger charge is 2.49. The van der Waals surface area contributed by atoms with Gasteiger partial charge in [0.2, 0.25) is 5.88 Å². The zero-order valence-electron chi connectivity index (χ0n) is 11.5. The minimum Gasteiger partial charge on any atom is -0.481 e. The summed E-state index contributed by atoms with van der Waals surface area (Å²) in [4.78, 5) is 21.8. The summed E-state index contributed by atoms with van der Waals surface area (Å²) < 4.78 is 5.53. The molecule has 2 saturated heterocycles. The molecule has 108 valence electrons. The molecule has 0 amide bonds. The monoisotopic (exact) mass is 277 g/mol. The van der Waals surface area contributed by atoms with Gasteiger partial charge in [0.25, 0.3) is 0 Å². The van der Waals surface area contributed by atoms with Crippen LogP contribution >= 0.6 is 0 Å². The van der Waals surface area contributed by atoms with Crippen LogP contribution in [0.15, 0.2) is 12.4 Å². The predicted molar refractivity (Wildman–Crippen MR) is 72.8 cm³/mol. The topological polar surface area (TPSA) is 75.5 Å². The molecule has 2 aliphatic heterocycles. The van der Waals surface area contributed by atoms with E-state index in [1.54, 1.807) is 0 Å². The van der Waals surface area contributed by atoms with Crippen LogP contribution in [0.25, 0.3) is 0 Å². The van der Waals surface area contributed by atoms with Gasteiger partial charge in [-0.15, -0.1) is 0 Å². The highest BCUT2D eigenvalue weighted by molar-refractivity contribution is 5.73. The van der Waals surface area contributed by atoms with Gasteiger partial charge in [-0.2, -0.15) is 0 Å². The molecule has 3 rings (SSSR count). The first-order valence-corrected chi connectivity index (χ1v) is 7.16. The van der Waals surface area contributed by atoms with E-state index in [0.717, 1.165) is 31.5 Å². The number of nitrogens with zero attached hydrogens (tertiary/aromatic N) is 3. The van der Waals surface area contributed by atoms with E-state index in [2.05, 4.69) is 14.9 Å². The summed E-state index contributed by atoms with van der Waals surface area (Å²) in [5.74, 6) is 0.389. The fourth-order valence-corrected chi connectivity index (χ4v) is 3.37. The Morgan fingerprint density at radius 2 is 2.35 bits per heavy atom. The Morgan fingerprint density at radius 1 is 1.50 bits per heavy atom. The van der Waals surface area contributed by atoms with Crippen LogP contribution in [0.5, 0.6) is 5.88 Å². The van der Waals surface area contributed by atoms with Crippen LogP contribution in [0.3, 0.4) is 0 Å². The summed E-state index contributed by atoms with van der Waals surface area (Å²) in [6.45, 7) is 2.67. The summed E-state index contributed by atoms with van der Waals surface area (Å²) in [5, 5.41) is 9.29. The lowest BCUT2D eigenvalue weighted by molar-refractivity contribution is -0.142. The van der Waals surface area contributed by atoms with Gasteiger partial charge in [-0.25, -0.2) is 9.97 Å². The van der Waals surface area contributed by atoms with E-state index in [4.69, 9.17) is 4.74 Å². The maximum Gasteiger partial charge on any atom is 0.308 e. The van der Waals surface area contributed by atoms with Gasteiger partial charge in [-0.3, -0.25) is 4.79 Å². The van der Waals surface area contributed by atoms with Gasteiger partial charge in [0.05, 0.1) is 12.5 Å². The number of carbonyl (C=O) groups is 1. The Bertz CT molecular complexity index is 508. The number of carboxylic acid groups (broad SMARTS) is 1. The highest BCUT2D eigenvalue weighted by atomic mass is 16.5. The third-order valence-corrected chi connectivity index (χ3v) is 4.20. The van der Waals surface area contributed by atoms with Crippen molar-refractivity contribution in [1.82, 2.24) is 9.97 Å². The zero-order chi connectivity index (χ0) is 14.1. The molecule has 6 heteroatoms. The van der Waals surface area contributed by atoms with Crippen molar-refractivity contribution < 1.29 is 14.6 Å². The standard InChI is InChI=1S/C14H19N3O3/c1-2-5-20-13-7-12(15-8-16-13)17-9-3-4-11(17)10(6-9)14(18)19/h7-11H,2-6H2,1H3,(H,18,19). The number of anilines is 1. The summed E-state index contributed by atoms with van der Waals surface area (Å²) >= 11 is 0. The van der Waals surface area contributed by atoms with E-state index in [1.165, 1.54) is 6.33 Å². The van der Waals surface area contributed by atoms with E-state index in [1.807, 2.05) is 13.0 Å². The molecule has 6 nitrogen and oxygen atoms in total. The second-order valence-electron chi connectivity index (χ2n) is 5.45. The van der Waals surface area contributed by atoms with Gasteiger partial charge in [0, 0.05) is 18.2 Å². The molecule has 1 aromatic rings. The van der Waals surface area contributed by atoms with Crippen LogP contribution in [0.4, 0.5) is 5.82 Å². The average Bonchev–Trinajstić information content (AvgIpc) is 3.03. The first-order chi connectivity index (χ1) is 9.70. The molecule has 0 saturated carbocycles. The summed E-state index contributed by atoms with van der Waals surface area (Å²) in [5.41, 5.74) is 0. The van der Waals surface area contributed by atoms with Gasteiger partial charge >= 0.3 is 5.97 Å². The zero-order valence-corrected chi connectivity index (χ0v) is 11.5. The normalized spacial score (nSPS) is 27.9. The molecule has 2 fully saturated rings.